The van der Waals surface area contributed by atoms with Gasteiger partial charge in [0.05, 0.1) is 40.5 Å². The highest BCUT2D eigenvalue weighted by Gasteiger charge is 2.62. The fraction of sp³-hybridized carbons (Fsp3) is 0.172. The predicted octanol–water partition coefficient (Wildman–Crippen LogP) is 4.31. The molecule has 174 valence electrons. The van der Waals surface area contributed by atoms with E-state index in [1.54, 1.807) is 21.5 Å². The molecular formula is C29H21N5O2. The Morgan fingerprint density at radius 3 is 1.78 bits per heavy atom. The number of aromatic nitrogens is 5. The molecule has 1 aliphatic heterocycles. The lowest BCUT2D eigenvalue weighted by atomic mass is 9.94. The van der Waals surface area contributed by atoms with Crippen molar-refractivity contribution in [2.24, 2.45) is 0 Å². The molecule has 0 spiro atoms. The van der Waals surface area contributed by atoms with Crippen molar-refractivity contribution in [3.8, 4) is 28.2 Å². The lowest BCUT2D eigenvalue weighted by molar-refractivity contribution is 0.333. The number of para-hydroxylation sites is 1. The van der Waals surface area contributed by atoms with Gasteiger partial charge in [0, 0.05) is 23.0 Å². The first-order valence-corrected chi connectivity index (χ1v) is 12.3. The summed E-state index contributed by atoms with van der Waals surface area (Å²) in [5.74, 6) is 0.0501. The summed E-state index contributed by atoms with van der Waals surface area (Å²) in [5, 5.41) is 0. The van der Waals surface area contributed by atoms with E-state index in [9.17, 15) is 9.59 Å². The van der Waals surface area contributed by atoms with E-state index in [2.05, 4.69) is 24.3 Å². The minimum atomic E-state index is -0.284. The van der Waals surface area contributed by atoms with Gasteiger partial charge in [-0.3, -0.25) is 0 Å². The zero-order valence-corrected chi connectivity index (χ0v) is 19.2. The molecule has 7 heteroatoms. The molecule has 3 heterocycles. The van der Waals surface area contributed by atoms with Gasteiger partial charge in [0.2, 0.25) is 0 Å². The van der Waals surface area contributed by atoms with Gasteiger partial charge >= 0.3 is 11.4 Å². The summed E-state index contributed by atoms with van der Waals surface area (Å²) in [6.07, 6.45) is 0.800. The van der Waals surface area contributed by atoms with Crippen molar-refractivity contribution in [2.45, 2.75) is 30.3 Å². The Kier molecular flexibility index (Phi) is 3.84. The first-order chi connectivity index (χ1) is 17.7. The monoisotopic (exact) mass is 471 g/mol. The normalized spacial score (nSPS) is 22.6. The third kappa shape index (κ3) is 2.42. The number of rotatable bonds is 3. The van der Waals surface area contributed by atoms with Crippen molar-refractivity contribution >= 4 is 0 Å². The van der Waals surface area contributed by atoms with Gasteiger partial charge in [0.25, 0.3) is 0 Å². The average Bonchev–Trinajstić information content (AvgIpc) is 3.64. The maximum atomic E-state index is 13.6. The summed E-state index contributed by atoms with van der Waals surface area (Å²) >= 11 is 0. The van der Waals surface area contributed by atoms with Crippen molar-refractivity contribution < 1.29 is 0 Å². The molecule has 4 atom stereocenters. The van der Waals surface area contributed by atoms with Crippen molar-refractivity contribution in [3.63, 3.8) is 0 Å². The van der Waals surface area contributed by atoms with E-state index < -0.39 is 0 Å². The molecule has 0 radical (unpaired) electrons. The van der Waals surface area contributed by atoms with Gasteiger partial charge in [-0.2, -0.15) is 0 Å². The van der Waals surface area contributed by atoms with Crippen LogP contribution in [0.2, 0.25) is 0 Å². The molecule has 1 saturated carbocycles. The van der Waals surface area contributed by atoms with Gasteiger partial charge in [0.15, 0.2) is 0 Å². The molecular weight excluding hydrogens is 450 g/mol. The smallest absolute Gasteiger partial charge is 0.248 e. The van der Waals surface area contributed by atoms with Crippen LogP contribution in [0.25, 0.3) is 28.2 Å². The van der Waals surface area contributed by atoms with Gasteiger partial charge in [0.1, 0.15) is 0 Å². The molecule has 3 aliphatic rings. The van der Waals surface area contributed by atoms with Gasteiger partial charge in [-0.15, -0.1) is 0 Å². The maximum absolute atomic E-state index is 13.6. The molecule has 8 rings (SSSR count). The van der Waals surface area contributed by atoms with E-state index in [-0.39, 0.29) is 35.3 Å². The van der Waals surface area contributed by atoms with E-state index >= 15 is 0 Å². The van der Waals surface area contributed by atoms with Crippen LogP contribution in [0.15, 0.2) is 101 Å². The van der Waals surface area contributed by atoms with Crippen molar-refractivity contribution in [1.82, 2.24) is 23.9 Å². The number of hydrogen-bond donors (Lipinski definition) is 0. The van der Waals surface area contributed by atoms with Crippen molar-refractivity contribution in [1.29, 1.82) is 0 Å². The highest BCUT2D eigenvalue weighted by molar-refractivity contribution is 5.78. The Hall–Kier alpha value is -4.52. The summed E-state index contributed by atoms with van der Waals surface area (Å²) in [6.45, 7) is 0. The quantitative estimate of drug-likeness (QED) is 0.393. The third-order valence-electron chi connectivity index (χ3n) is 8.02. The summed E-state index contributed by atoms with van der Waals surface area (Å²) < 4.78 is 4.66. The summed E-state index contributed by atoms with van der Waals surface area (Å²) in [4.78, 5) is 37.5. The number of hydrogen-bond acceptors (Lipinski definition) is 4. The molecule has 0 amide bonds. The second-order valence-electron chi connectivity index (χ2n) is 9.77. The largest absolute Gasteiger partial charge is 0.352 e. The first-order valence-electron chi connectivity index (χ1n) is 12.3. The lowest BCUT2D eigenvalue weighted by Crippen LogP contribution is -2.31. The van der Waals surface area contributed by atoms with Crippen LogP contribution >= 0.6 is 0 Å². The van der Waals surface area contributed by atoms with E-state index in [4.69, 9.17) is 9.97 Å². The third-order valence-corrected chi connectivity index (χ3v) is 8.02. The van der Waals surface area contributed by atoms with Crippen LogP contribution in [0.4, 0.5) is 0 Å². The number of fused-ring (bicyclic) bond motifs is 4. The predicted molar refractivity (Wildman–Crippen MR) is 135 cm³/mol. The Balaban J connectivity index is 1.32. The molecule has 2 aliphatic carbocycles. The minimum absolute atomic E-state index is 0.0180. The van der Waals surface area contributed by atoms with Crippen LogP contribution < -0.4 is 11.4 Å². The fourth-order valence-electron chi connectivity index (χ4n) is 6.63. The average molecular weight is 472 g/mol. The maximum Gasteiger partial charge on any atom is 0.352 e. The summed E-state index contributed by atoms with van der Waals surface area (Å²) in [7, 11) is 0. The van der Waals surface area contributed by atoms with Crippen molar-refractivity contribution in [3.05, 3.63) is 123 Å². The molecule has 2 aromatic heterocycles. The topological polar surface area (TPSA) is 74.7 Å². The van der Waals surface area contributed by atoms with Gasteiger partial charge in [-0.1, -0.05) is 78.9 Å². The van der Waals surface area contributed by atoms with E-state index in [0.717, 1.165) is 40.3 Å². The number of nitrogens with zero attached hydrogens (tertiary/aromatic N) is 5. The zero-order valence-electron chi connectivity index (χ0n) is 19.2. The van der Waals surface area contributed by atoms with Crippen LogP contribution in [-0.4, -0.2) is 23.9 Å². The summed E-state index contributed by atoms with van der Waals surface area (Å²) in [5.41, 5.74) is 5.66. The second-order valence-corrected chi connectivity index (χ2v) is 9.77. The lowest BCUT2D eigenvalue weighted by Gasteiger charge is -2.25. The fourth-order valence-corrected chi connectivity index (χ4v) is 6.63. The molecule has 5 aromatic rings. The van der Waals surface area contributed by atoms with Crippen LogP contribution in [0.3, 0.4) is 0 Å². The minimum Gasteiger partial charge on any atom is -0.248 e. The number of benzene rings is 3. The van der Waals surface area contributed by atoms with Crippen LogP contribution in [0, 0.1) is 0 Å². The SMILES string of the molecule is O=c1n(-c2ccccc2)c(=O)n2n1C1CC3c4nc(-c5ccccc5)c(-c5ccccc5)nc4C1C32. The molecule has 3 aromatic carbocycles. The van der Waals surface area contributed by atoms with E-state index in [0.29, 0.717) is 5.69 Å². The highest BCUT2D eigenvalue weighted by atomic mass is 16.2. The zero-order chi connectivity index (χ0) is 24.0. The van der Waals surface area contributed by atoms with Gasteiger partial charge in [-0.05, 0) is 18.6 Å². The Bertz CT molecular complexity index is 1770. The Morgan fingerprint density at radius 1 is 0.639 bits per heavy atom. The van der Waals surface area contributed by atoms with Crippen molar-refractivity contribution in [2.75, 3.05) is 0 Å². The van der Waals surface area contributed by atoms with E-state index in [1.165, 1.54) is 4.57 Å². The van der Waals surface area contributed by atoms with Gasteiger partial charge < -0.3 is 0 Å². The molecule has 1 fully saturated rings. The van der Waals surface area contributed by atoms with E-state index in [1.807, 2.05) is 54.6 Å². The van der Waals surface area contributed by atoms with Crippen LogP contribution in [0.5, 0.6) is 0 Å². The van der Waals surface area contributed by atoms with Crippen LogP contribution in [0.1, 0.15) is 41.7 Å². The standard InChI is InChI=1S/C29H21N5O2/c35-28-32(19-14-8-3-9-15-19)29(36)34-27-20-16-21(33(28)34)22(27)26-25(20)30-23(17-10-4-1-5-11-17)24(31-26)18-12-6-2-7-13-18/h1-15,20-22,27H,16H2. The molecule has 4 unspecified atom stereocenters. The molecule has 4 bridgehead atoms. The molecule has 36 heavy (non-hydrogen) atoms. The second kappa shape index (κ2) is 7.01. The molecule has 0 saturated heterocycles. The Morgan fingerprint density at radius 2 is 1.17 bits per heavy atom. The van der Waals surface area contributed by atoms with Gasteiger partial charge in [-0.25, -0.2) is 33.5 Å². The Labute approximate surface area is 205 Å². The van der Waals surface area contributed by atoms with Crippen LogP contribution in [-0.2, 0) is 0 Å². The highest BCUT2D eigenvalue weighted by Crippen LogP contribution is 2.66. The summed E-state index contributed by atoms with van der Waals surface area (Å²) in [6, 6.07) is 29.2. The first kappa shape index (κ1) is 19.8. The molecule has 7 nitrogen and oxygen atoms in total. The molecule has 0 N–H and O–H groups in total.